The van der Waals surface area contributed by atoms with Gasteiger partial charge in [-0.1, -0.05) is 30.3 Å². The fourth-order valence-electron chi connectivity index (χ4n) is 3.40. The summed E-state index contributed by atoms with van der Waals surface area (Å²) in [6, 6.07) is 15.7. The van der Waals surface area contributed by atoms with E-state index in [9.17, 15) is 4.79 Å². The second-order valence-corrected chi connectivity index (χ2v) is 5.80. The quantitative estimate of drug-likeness (QED) is 0.527. The highest BCUT2D eigenvalue weighted by Crippen LogP contribution is 2.36. The third kappa shape index (κ3) is 1.89. The van der Waals surface area contributed by atoms with Crippen molar-refractivity contribution in [1.29, 1.82) is 0 Å². The van der Waals surface area contributed by atoms with E-state index in [2.05, 4.69) is 12.1 Å². The molecule has 4 heteroatoms. The van der Waals surface area contributed by atoms with Crippen LogP contribution < -0.4 is 15.0 Å². The lowest BCUT2D eigenvalue weighted by molar-refractivity contribution is 0.356. The maximum absolute atomic E-state index is 12.8. The van der Waals surface area contributed by atoms with Crippen LogP contribution in [0.25, 0.3) is 32.4 Å². The molecule has 0 unspecified atom stereocenters. The highest BCUT2D eigenvalue weighted by molar-refractivity contribution is 6.15. The molecule has 0 radical (unpaired) electrons. The standard InChI is InChI=1S/C20H17NO3/c1-21-19-14(13-6-4-5-7-15(13)20(21)22)9-8-12-10-17(23-2)18(24-3)11-16(12)19/h4-11H,1-3H3. The lowest BCUT2D eigenvalue weighted by Gasteiger charge is -2.14. The average Bonchev–Trinajstić information content (AvgIpc) is 2.64. The third-order valence-electron chi connectivity index (χ3n) is 4.58. The molecule has 120 valence electrons. The van der Waals surface area contributed by atoms with Gasteiger partial charge in [0.1, 0.15) is 0 Å². The van der Waals surface area contributed by atoms with Crippen molar-refractivity contribution in [2.24, 2.45) is 7.05 Å². The molecule has 1 aromatic heterocycles. The summed E-state index contributed by atoms with van der Waals surface area (Å²) < 4.78 is 12.5. The van der Waals surface area contributed by atoms with Gasteiger partial charge in [0.05, 0.1) is 19.7 Å². The van der Waals surface area contributed by atoms with Gasteiger partial charge in [-0.2, -0.15) is 0 Å². The molecule has 1 heterocycles. The number of ether oxygens (including phenoxy) is 2. The molecule has 3 aromatic carbocycles. The molecule has 0 amide bonds. The largest absolute Gasteiger partial charge is 0.493 e. The molecule has 0 saturated carbocycles. The van der Waals surface area contributed by atoms with E-state index in [-0.39, 0.29) is 5.56 Å². The number of pyridine rings is 1. The van der Waals surface area contributed by atoms with Crippen LogP contribution in [0.5, 0.6) is 11.5 Å². The van der Waals surface area contributed by atoms with Crippen molar-refractivity contribution in [1.82, 2.24) is 4.57 Å². The van der Waals surface area contributed by atoms with Crippen molar-refractivity contribution in [2.45, 2.75) is 0 Å². The average molecular weight is 319 g/mol. The topological polar surface area (TPSA) is 40.5 Å². The smallest absolute Gasteiger partial charge is 0.258 e. The Kier molecular flexibility index (Phi) is 3.20. The molecule has 4 aromatic rings. The number of benzene rings is 3. The van der Waals surface area contributed by atoms with Crippen LogP contribution in [0.3, 0.4) is 0 Å². The molecule has 24 heavy (non-hydrogen) atoms. The molecule has 0 saturated heterocycles. The summed E-state index contributed by atoms with van der Waals surface area (Å²) in [5, 5.41) is 4.72. The minimum absolute atomic E-state index is 0.000356. The van der Waals surface area contributed by atoms with Gasteiger partial charge >= 0.3 is 0 Å². The van der Waals surface area contributed by atoms with Crippen LogP contribution in [0.1, 0.15) is 0 Å². The Hall–Kier alpha value is -3.01. The van der Waals surface area contributed by atoms with Crippen molar-refractivity contribution in [2.75, 3.05) is 14.2 Å². The van der Waals surface area contributed by atoms with Gasteiger partial charge in [0, 0.05) is 23.2 Å². The Morgan fingerprint density at radius 2 is 1.46 bits per heavy atom. The van der Waals surface area contributed by atoms with E-state index in [0.29, 0.717) is 11.5 Å². The van der Waals surface area contributed by atoms with E-state index in [1.54, 1.807) is 18.8 Å². The number of aryl methyl sites for hydroxylation is 1. The molecular weight excluding hydrogens is 302 g/mol. The minimum atomic E-state index is 0.000356. The van der Waals surface area contributed by atoms with Crippen LogP contribution in [0.15, 0.2) is 53.3 Å². The molecule has 0 bridgehead atoms. The first-order valence-corrected chi connectivity index (χ1v) is 7.72. The summed E-state index contributed by atoms with van der Waals surface area (Å²) in [6.45, 7) is 0. The van der Waals surface area contributed by atoms with E-state index >= 15 is 0 Å². The van der Waals surface area contributed by atoms with Crippen molar-refractivity contribution in [3.63, 3.8) is 0 Å². The SMILES string of the molecule is COc1cc2ccc3c4ccccc4c(=O)n(C)c3c2cc1OC. The number of fused-ring (bicyclic) bond motifs is 5. The molecule has 0 N–H and O–H groups in total. The maximum Gasteiger partial charge on any atom is 0.258 e. The summed E-state index contributed by atoms with van der Waals surface area (Å²) in [5.41, 5.74) is 0.900. The van der Waals surface area contributed by atoms with Crippen molar-refractivity contribution in [3.8, 4) is 11.5 Å². The maximum atomic E-state index is 12.8. The van der Waals surface area contributed by atoms with Gasteiger partial charge in [0.15, 0.2) is 11.5 Å². The second-order valence-electron chi connectivity index (χ2n) is 5.80. The molecule has 4 rings (SSSR count). The highest BCUT2D eigenvalue weighted by Gasteiger charge is 2.13. The summed E-state index contributed by atoms with van der Waals surface area (Å²) in [7, 11) is 5.05. The normalized spacial score (nSPS) is 11.3. The summed E-state index contributed by atoms with van der Waals surface area (Å²) >= 11 is 0. The van der Waals surface area contributed by atoms with Gasteiger partial charge in [-0.3, -0.25) is 4.79 Å². The van der Waals surface area contributed by atoms with E-state index in [4.69, 9.17) is 9.47 Å². The van der Waals surface area contributed by atoms with Gasteiger partial charge < -0.3 is 14.0 Å². The minimum Gasteiger partial charge on any atom is -0.493 e. The first-order chi connectivity index (χ1) is 11.7. The third-order valence-corrected chi connectivity index (χ3v) is 4.58. The molecule has 0 aliphatic carbocycles. The zero-order valence-electron chi connectivity index (χ0n) is 13.8. The molecular formula is C20H17NO3. The second kappa shape index (κ2) is 5.27. The fourth-order valence-corrected chi connectivity index (χ4v) is 3.40. The van der Waals surface area contributed by atoms with Gasteiger partial charge in [-0.15, -0.1) is 0 Å². The fraction of sp³-hybridized carbons (Fsp3) is 0.150. The van der Waals surface area contributed by atoms with E-state index < -0.39 is 0 Å². The Morgan fingerprint density at radius 3 is 2.17 bits per heavy atom. The Balaban J connectivity index is 2.28. The summed E-state index contributed by atoms with van der Waals surface area (Å²) in [6.07, 6.45) is 0. The molecule has 0 aliphatic rings. The van der Waals surface area contributed by atoms with E-state index in [0.717, 1.165) is 32.4 Å². The van der Waals surface area contributed by atoms with Gasteiger partial charge in [0.25, 0.3) is 5.56 Å². The van der Waals surface area contributed by atoms with Crippen molar-refractivity contribution >= 4 is 32.4 Å². The Labute approximate surface area is 138 Å². The number of hydrogen-bond acceptors (Lipinski definition) is 3. The van der Waals surface area contributed by atoms with Gasteiger partial charge in [-0.25, -0.2) is 0 Å². The van der Waals surface area contributed by atoms with Crippen LogP contribution in [-0.2, 0) is 7.05 Å². The van der Waals surface area contributed by atoms with Crippen molar-refractivity contribution in [3.05, 3.63) is 58.9 Å². The van der Waals surface area contributed by atoms with Crippen molar-refractivity contribution < 1.29 is 9.47 Å². The van der Waals surface area contributed by atoms with E-state index in [1.807, 2.05) is 43.4 Å². The number of aromatic nitrogens is 1. The molecule has 0 atom stereocenters. The molecule has 0 aliphatic heterocycles. The van der Waals surface area contributed by atoms with Crippen LogP contribution in [0.4, 0.5) is 0 Å². The van der Waals surface area contributed by atoms with Crippen LogP contribution in [0, 0.1) is 0 Å². The first-order valence-electron chi connectivity index (χ1n) is 7.72. The van der Waals surface area contributed by atoms with Crippen LogP contribution in [0.2, 0.25) is 0 Å². The predicted octanol–water partition coefficient (Wildman–Crippen LogP) is 3.86. The van der Waals surface area contributed by atoms with Gasteiger partial charge in [0.2, 0.25) is 0 Å². The van der Waals surface area contributed by atoms with Crippen LogP contribution >= 0.6 is 0 Å². The lowest BCUT2D eigenvalue weighted by atomic mass is 10.0. The summed E-state index contributed by atoms with van der Waals surface area (Å²) in [4.78, 5) is 12.8. The molecule has 0 fully saturated rings. The summed E-state index contributed by atoms with van der Waals surface area (Å²) in [5.74, 6) is 1.33. The number of rotatable bonds is 2. The molecule has 4 nitrogen and oxygen atoms in total. The number of hydrogen-bond donors (Lipinski definition) is 0. The first kappa shape index (κ1) is 14.6. The molecule has 0 spiro atoms. The zero-order chi connectivity index (χ0) is 16.8. The van der Waals surface area contributed by atoms with Crippen LogP contribution in [-0.4, -0.2) is 18.8 Å². The predicted molar refractivity (Wildman–Crippen MR) is 97.3 cm³/mol. The van der Waals surface area contributed by atoms with Gasteiger partial charge in [-0.05, 0) is 29.0 Å². The highest BCUT2D eigenvalue weighted by atomic mass is 16.5. The monoisotopic (exact) mass is 319 g/mol. The number of methoxy groups -OCH3 is 2. The number of nitrogens with zero attached hydrogens (tertiary/aromatic N) is 1. The van der Waals surface area contributed by atoms with E-state index in [1.165, 1.54) is 0 Å². The zero-order valence-corrected chi connectivity index (χ0v) is 13.8. The lowest BCUT2D eigenvalue weighted by Crippen LogP contribution is -2.17. The Morgan fingerprint density at radius 1 is 0.792 bits per heavy atom. The Bertz CT molecular complexity index is 1160.